The van der Waals surface area contributed by atoms with Gasteiger partial charge in [0.25, 0.3) is 5.69 Å². The molecule has 0 radical (unpaired) electrons. The van der Waals surface area contributed by atoms with Crippen molar-refractivity contribution < 1.29 is 14.8 Å². The average molecular weight is 237 g/mol. The zero-order valence-corrected chi connectivity index (χ0v) is 8.94. The largest absolute Gasteiger partial charge is 0.480 e. The van der Waals surface area contributed by atoms with Gasteiger partial charge in [0.05, 0.1) is 4.92 Å². The van der Waals surface area contributed by atoms with E-state index in [2.05, 4.69) is 4.98 Å². The molecular weight excluding hydrogens is 226 g/mol. The van der Waals surface area contributed by atoms with Crippen molar-refractivity contribution in [2.45, 2.75) is 18.9 Å². The molecule has 1 fully saturated rings. The van der Waals surface area contributed by atoms with Crippen molar-refractivity contribution in [1.82, 2.24) is 4.98 Å². The van der Waals surface area contributed by atoms with Gasteiger partial charge in [-0.1, -0.05) is 0 Å². The monoisotopic (exact) mass is 237 g/mol. The number of nitrogens with zero attached hydrogens (tertiary/aromatic N) is 3. The molecule has 0 unspecified atom stereocenters. The molecule has 1 aliphatic rings. The van der Waals surface area contributed by atoms with E-state index in [0.717, 1.165) is 19.0 Å². The van der Waals surface area contributed by atoms with Crippen LogP contribution in [0.15, 0.2) is 18.3 Å². The van der Waals surface area contributed by atoms with E-state index in [9.17, 15) is 14.9 Å². The zero-order valence-electron chi connectivity index (χ0n) is 8.94. The molecule has 0 spiro atoms. The van der Waals surface area contributed by atoms with Crippen LogP contribution >= 0.6 is 0 Å². The summed E-state index contributed by atoms with van der Waals surface area (Å²) in [4.78, 5) is 26.2. The normalized spacial score (nSPS) is 14.4. The first-order valence-electron chi connectivity index (χ1n) is 5.17. The lowest BCUT2D eigenvalue weighted by Gasteiger charge is -2.20. The summed E-state index contributed by atoms with van der Waals surface area (Å²) in [7, 11) is 0. The van der Waals surface area contributed by atoms with Crippen molar-refractivity contribution in [1.29, 1.82) is 0 Å². The van der Waals surface area contributed by atoms with Crippen LogP contribution in [-0.4, -0.2) is 33.6 Å². The van der Waals surface area contributed by atoms with E-state index in [1.54, 1.807) is 4.90 Å². The second kappa shape index (κ2) is 4.36. The molecule has 1 aliphatic carbocycles. The highest BCUT2D eigenvalue weighted by Crippen LogP contribution is 2.30. The van der Waals surface area contributed by atoms with Gasteiger partial charge in [0.2, 0.25) is 0 Å². The predicted molar refractivity (Wildman–Crippen MR) is 58.9 cm³/mol. The maximum Gasteiger partial charge on any atom is 0.323 e. The molecule has 0 bridgehead atoms. The van der Waals surface area contributed by atoms with Gasteiger partial charge in [-0.2, -0.15) is 0 Å². The number of carboxylic acid groups (broad SMARTS) is 1. The third-order valence-electron chi connectivity index (χ3n) is 2.53. The summed E-state index contributed by atoms with van der Waals surface area (Å²) in [5, 5.41) is 19.3. The second-order valence-electron chi connectivity index (χ2n) is 3.88. The number of carbonyl (C=O) groups is 1. The van der Waals surface area contributed by atoms with E-state index < -0.39 is 10.9 Å². The first-order chi connectivity index (χ1) is 8.08. The van der Waals surface area contributed by atoms with Gasteiger partial charge in [0.1, 0.15) is 18.6 Å². The summed E-state index contributed by atoms with van der Waals surface area (Å²) in [6, 6.07) is 3.01. The number of rotatable bonds is 5. The standard InChI is InChI=1S/C10H11N3O4/c14-10(15)6-12(7-1-2-7)9-4-3-8(5-11-9)13(16)17/h3-5,7H,1-2,6H2,(H,14,15). The average Bonchev–Trinajstić information content (AvgIpc) is 3.09. The van der Waals surface area contributed by atoms with Crippen LogP contribution in [0.2, 0.25) is 0 Å². The molecule has 0 aliphatic heterocycles. The fourth-order valence-corrected chi connectivity index (χ4v) is 1.59. The molecule has 0 atom stereocenters. The summed E-state index contributed by atoms with van der Waals surface area (Å²) in [5.74, 6) is -0.461. The molecule has 17 heavy (non-hydrogen) atoms. The number of carboxylic acids is 1. The highest BCUT2D eigenvalue weighted by molar-refractivity contribution is 5.73. The van der Waals surface area contributed by atoms with Crippen molar-refractivity contribution >= 4 is 17.5 Å². The molecule has 0 amide bonds. The first kappa shape index (κ1) is 11.3. The van der Waals surface area contributed by atoms with Gasteiger partial charge >= 0.3 is 5.97 Å². The van der Waals surface area contributed by atoms with Crippen LogP contribution in [-0.2, 0) is 4.79 Å². The minimum atomic E-state index is -0.933. The molecule has 7 nitrogen and oxygen atoms in total. The van der Waals surface area contributed by atoms with Crippen LogP contribution in [0, 0.1) is 10.1 Å². The second-order valence-corrected chi connectivity index (χ2v) is 3.88. The SMILES string of the molecule is O=C(O)CN(c1ccc([N+](=O)[O-])cn1)C1CC1. The van der Waals surface area contributed by atoms with Gasteiger partial charge in [-0.3, -0.25) is 14.9 Å². The molecule has 1 N–H and O–H groups in total. The minimum absolute atomic E-state index is 0.0974. The minimum Gasteiger partial charge on any atom is -0.480 e. The fraction of sp³-hybridized carbons (Fsp3) is 0.400. The molecule has 1 saturated carbocycles. The summed E-state index contributed by atoms with van der Waals surface area (Å²) >= 11 is 0. The Morgan fingerprint density at radius 1 is 1.59 bits per heavy atom. The van der Waals surface area contributed by atoms with Crippen molar-refractivity contribution in [3.8, 4) is 0 Å². The molecule has 1 aromatic heterocycles. The summed E-state index contributed by atoms with van der Waals surface area (Å²) < 4.78 is 0. The maximum atomic E-state index is 10.7. The molecule has 0 saturated heterocycles. The Morgan fingerprint density at radius 3 is 2.71 bits per heavy atom. The quantitative estimate of drug-likeness (QED) is 0.607. The van der Waals surface area contributed by atoms with Gasteiger partial charge in [-0.05, 0) is 18.9 Å². The van der Waals surface area contributed by atoms with Gasteiger partial charge in [0.15, 0.2) is 0 Å². The molecule has 2 rings (SSSR count). The Kier molecular flexibility index (Phi) is 2.90. The Balaban J connectivity index is 2.18. The van der Waals surface area contributed by atoms with Gasteiger partial charge < -0.3 is 10.0 Å². The van der Waals surface area contributed by atoms with Crippen molar-refractivity contribution in [3.63, 3.8) is 0 Å². The predicted octanol–water partition coefficient (Wildman–Crippen LogP) is 1.04. The number of hydrogen-bond acceptors (Lipinski definition) is 5. The number of pyridine rings is 1. The number of aliphatic carboxylic acids is 1. The third-order valence-corrected chi connectivity index (χ3v) is 2.53. The number of nitro groups is 1. The summed E-state index contributed by atoms with van der Waals surface area (Å²) in [6.07, 6.45) is 3.02. The molecule has 1 heterocycles. The summed E-state index contributed by atoms with van der Waals surface area (Å²) in [6.45, 7) is -0.129. The Labute approximate surface area is 96.8 Å². The van der Waals surface area contributed by atoms with Gasteiger partial charge in [-0.25, -0.2) is 4.98 Å². The van der Waals surface area contributed by atoms with Crippen molar-refractivity contribution in [2.24, 2.45) is 0 Å². The third kappa shape index (κ3) is 2.68. The van der Waals surface area contributed by atoms with Crippen LogP contribution in [0.5, 0.6) is 0 Å². The lowest BCUT2D eigenvalue weighted by Crippen LogP contribution is -2.32. The van der Waals surface area contributed by atoms with Gasteiger partial charge in [0, 0.05) is 12.1 Å². The van der Waals surface area contributed by atoms with E-state index in [-0.39, 0.29) is 18.3 Å². The maximum absolute atomic E-state index is 10.7. The highest BCUT2D eigenvalue weighted by Gasteiger charge is 2.31. The van der Waals surface area contributed by atoms with Gasteiger partial charge in [-0.15, -0.1) is 0 Å². The number of aromatic nitrogens is 1. The van der Waals surface area contributed by atoms with Crippen LogP contribution in [0.25, 0.3) is 0 Å². The summed E-state index contributed by atoms with van der Waals surface area (Å²) in [5.41, 5.74) is -0.0974. The van der Waals surface area contributed by atoms with Crippen LogP contribution in [0.1, 0.15) is 12.8 Å². The number of hydrogen-bond donors (Lipinski definition) is 1. The van der Waals surface area contributed by atoms with E-state index in [1.807, 2.05) is 0 Å². The van der Waals surface area contributed by atoms with E-state index in [0.29, 0.717) is 5.82 Å². The molecule has 0 aromatic carbocycles. The smallest absolute Gasteiger partial charge is 0.323 e. The van der Waals surface area contributed by atoms with E-state index in [4.69, 9.17) is 5.11 Å². The first-order valence-corrected chi connectivity index (χ1v) is 5.17. The lowest BCUT2D eigenvalue weighted by atomic mass is 10.3. The Morgan fingerprint density at radius 2 is 2.29 bits per heavy atom. The molecule has 1 aromatic rings. The van der Waals surface area contributed by atoms with Crippen LogP contribution in [0.4, 0.5) is 11.5 Å². The highest BCUT2D eigenvalue weighted by atomic mass is 16.6. The van der Waals surface area contributed by atoms with Crippen molar-refractivity contribution in [2.75, 3.05) is 11.4 Å². The van der Waals surface area contributed by atoms with E-state index in [1.165, 1.54) is 12.1 Å². The molecule has 7 heteroatoms. The number of anilines is 1. The molecular formula is C10H11N3O4. The van der Waals surface area contributed by atoms with Crippen LogP contribution < -0.4 is 4.90 Å². The fourth-order valence-electron chi connectivity index (χ4n) is 1.59. The van der Waals surface area contributed by atoms with E-state index >= 15 is 0 Å². The topological polar surface area (TPSA) is 96.6 Å². The Hall–Kier alpha value is -2.18. The zero-order chi connectivity index (χ0) is 12.4. The lowest BCUT2D eigenvalue weighted by molar-refractivity contribution is -0.385. The molecule has 90 valence electrons. The Bertz CT molecular complexity index is 441. The van der Waals surface area contributed by atoms with Crippen molar-refractivity contribution in [3.05, 3.63) is 28.4 Å². The van der Waals surface area contributed by atoms with Crippen LogP contribution in [0.3, 0.4) is 0 Å².